The predicted octanol–water partition coefficient (Wildman–Crippen LogP) is 2.21. The Bertz CT molecular complexity index is 494. The molecule has 0 N–H and O–H groups in total. The fourth-order valence-corrected chi connectivity index (χ4v) is 2.00. The third-order valence-corrected chi connectivity index (χ3v) is 2.92. The van der Waals surface area contributed by atoms with E-state index < -0.39 is 5.79 Å². The molecule has 0 amide bonds. The predicted molar refractivity (Wildman–Crippen MR) is 67.1 cm³/mol. The number of ether oxygens (including phenoxy) is 4. The topological polar surface area (TPSA) is 85.7 Å². The SMILES string of the molecule is COc1ccc(C2(CN=[N+]=[N-])OCCO2)cc1OC. The van der Waals surface area contributed by atoms with Crippen LogP contribution in [0.25, 0.3) is 10.4 Å². The summed E-state index contributed by atoms with van der Waals surface area (Å²) < 4.78 is 21.7. The van der Waals surface area contributed by atoms with Crippen LogP contribution in [0.1, 0.15) is 5.56 Å². The first kappa shape index (κ1) is 13.5. The van der Waals surface area contributed by atoms with Crippen LogP contribution in [0.5, 0.6) is 11.5 Å². The highest BCUT2D eigenvalue weighted by molar-refractivity contribution is 5.44. The normalized spacial score (nSPS) is 16.7. The maximum absolute atomic E-state index is 8.47. The monoisotopic (exact) mass is 265 g/mol. The maximum atomic E-state index is 8.47. The Kier molecular flexibility index (Phi) is 4.11. The second-order valence-corrected chi connectivity index (χ2v) is 3.91. The number of benzene rings is 1. The van der Waals surface area contributed by atoms with E-state index in [1.54, 1.807) is 32.4 Å². The van der Waals surface area contributed by atoms with E-state index in [-0.39, 0.29) is 6.54 Å². The van der Waals surface area contributed by atoms with Gasteiger partial charge in [0.2, 0.25) is 5.79 Å². The van der Waals surface area contributed by atoms with Gasteiger partial charge in [0.1, 0.15) is 0 Å². The van der Waals surface area contributed by atoms with Crippen molar-refractivity contribution in [3.05, 3.63) is 34.2 Å². The fraction of sp³-hybridized carbons (Fsp3) is 0.500. The van der Waals surface area contributed by atoms with Crippen LogP contribution in [0.15, 0.2) is 23.3 Å². The lowest BCUT2D eigenvalue weighted by atomic mass is 10.1. The maximum Gasteiger partial charge on any atom is 0.200 e. The molecule has 1 heterocycles. The molecule has 2 rings (SSSR count). The molecule has 0 radical (unpaired) electrons. The zero-order valence-corrected chi connectivity index (χ0v) is 10.8. The van der Waals surface area contributed by atoms with Crippen molar-refractivity contribution in [3.63, 3.8) is 0 Å². The van der Waals surface area contributed by atoms with Crippen LogP contribution in [0.4, 0.5) is 0 Å². The van der Waals surface area contributed by atoms with Gasteiger partial charge in [0, 0.05) is 10.5 Å². The van der Waals surface area contributed by atoms with Crippen LogP contribution in [0.2, 0.25) is 0 Å². The highest BCUT2D eigenvalue weighted by atomic mass is 16.7. The summed E-state index contributed by atoms with van der Waals surface area (Å²) in [7, 11) is 3.12. The molecule has 0 bridgehead atoms. The Balaban J connectivity index is 2.39. The van der Waals surface area contributed by atoms with E-state index in [1.165, 1.54) is 0 Å². The van der Waals surface area contributed by atoms with Gasteiger partial charge in [0.05, 0.1) is 34.0 Å². The van der Waals surface area contributed by atoms with Crippen molar-refractivity contribution in [2.24, 2.45) is 5.11 Å². The summed E-state index contributed by atoms with van der Waals surface area (Å²) in [6.07, 6.45) is 0. The van der Waals surface area contributed by atoms with Gasteiger partial charge in [-0.3, -0.25) is 0 Å². The quantitative estimate of drug-likeness (QED) is 0.464. The molecule has 1 aromatic carbocycles. The Labute approximate surface area is 110 Å². The standard InChI is InChI=1S/C12H15N3O4/c1-16-10-4-3-9(7-11(10)17-2)12(8-14-15-13)18-5-6-19-12/h3-4,7H,5-6,8H2,1-2H3. The summed E-state index contributed by atoms with van der Waals surface area (Å²) in [6.45, 7) is 0.976. The molecule has 0 unspecified atom stereocenters. The summed E-state index contributed by atoms with van der Waals surface area (Å²) >= 11 is 0. The largest absolute Gasteiger partial charge is 0.493 e. The van der Waals surface area contributed by atoms with Crippen LogP contribution in [-0.2, 0) is 15.3 Å². The zero-order valence-electron chi connectivity index (χ0n) is 10.8. The van der Waals surface area contributed by atoms with Gasteiger partial charge in [-0.2, -0.15) is 0 Å². The molecule has 7 nitrogen and oxygen atoms in total. The molecule has 1 aliphatic rings. The van der Waals surface area contributed by atoms with Gasteiger partial charge in [0.25, 0.3) is 0 Å². The van der Waals surface area contributed by atoms with E-state index in [4.69, 9.17) is 24.5 Å². The highest BCUT2D eigenvalue weighted by Crippen LogP contribution is 2.37. The van der Waals surface area contributed by atoms with Gasteiger partial charge in [-0.25, -0.2) is 0 Å². The number of methoxy groups -OCH3 is 2. The molecule has 0 saturated carbocycles. The zero-order chi connectivity index (χ0) is 13.7. The van der Waals surface area contributed by atoms with Crippen LogP contribution < -0.4 is 9.47 Å². The van der Waals surface area contributed by atoms with E-state index in [1.807, 2.05) is 0 Å². The minimum Gasteiger partial charge on any atom is -0.493 e. The van der Waals surface area contributed by atoms with Gasteiger partial charge in [-0.1, -0.05) is 5.11 Å². The lowest BCUT2D eigenvalue weighted by molar-refractivity contribution is -0.156. The number of hydrogen-bond acceptors (Lipinski definition) is 5. The molecule has 19 heavy (non-hydrogen) atoms. The van der Waals surface area contributed by atoms with Crippen LogP contribution >= 0.6 is 0 Å². The lowest BCUT2D eigenvalue weighted by Gasteiger charge is -2.26. The number of hydrogen-bond donors (Lipinski definition) is 0. The fourth-order valence-electron chi connectivity index (χ4n) is 2.00. The smallest absolute Gasteiger partial charge is 0.200 e. The molecule has 0 atom stereocenters. The molecule has 0 aliphatic carbocycles. The van der Waals surface area contributed by atoms with Gasteiger partial charge in [-0.15, -0.1) is 0 Å². The molecule has 7 heteroatoms. The molecule has 1 aromatic rings. The van der Waals surface area contributed by atoms with Crippen molar-refractivity contribution < 1.29 is 18.9 Å². The first-order chi connectivity index (χ1) is 9.25. The molecule has 0 aromatic heterocycles. The van der Waals surface area contributed by atoms with Gasteiger partial charge in [-0.05, 0) is 23.7 Å². The van der Waals surface area contributed by atoms with Crippen molar-refractivity contribution in [1.29, 1.82) is 0 Å². The van der Waals surface area contributed by atoms with E-state index in [0.717, 1.165) is 5.56 Å². The molecular formula is C12H15N3O4. The second kappa shape index (κ2) is 5.79. The molecular weight excluding hydrogens is 250 g/mol. The van der Waals surface area contributed by atoms with Crippen LogP contribution in [-0.4, -0.2) is 34.0 Å². The van der Waals surface area contributed by atoms with Gasteiger partial charge >= 0.3 is 0 Å². The first-order valence-electron chi connectivity index (χ1n) is 5.77. The van der Waals surface area contributed by atoms with E-state index in [0.29, 0.717) is 24.7 Å². The highest BCUT2D eigenvalue weighted by Gasteiger charge is 2.38. The molecule has 1 saturated heterocycles. The number of azide groups is 1. The van der Waals surface area contributed by atoms with E-state index in [9.17, 15) is 0 Å². The second-order valence-electron chi connectivity index (χ2n) is 3.91. The first-order valence-corrected chi connectivity index (χ1v) is 5.77. The third-order valence-electron chi connectivity index (χ3n) is 2.92. The summed E-state index contributed by atoms with van der Waals surface area (Å²) in [4.78, 5) is 2.76. The van der Waals surface area contributed by atoms with Crippen LogP contribution in [0, 0.1) is 0 Å². The molecule has 0 spiro atoms. The Morgan fingerprint density at radius 2 is 1.95 bits per heavy atom. The number of nitrogens with zero attached hydrogens (tertiary/aromatic N) is 3. The van der Waals surface area contributed by atoms with Crippen molar-refractivity contribution >= 4 is 0 Å². The minimum atomic E-state index is -1.04. The van der Waals surface area contributed by atoms with Crippen LogP contribution in [0.3, 0.4) is 0 Å². The number of rotatable bonds is 5. The van der Waals surface area contributed by atoms with Crippen molar-refractivity contribution in [1.82, 2.24) is 0 Å². The molecule has 1 fully saturated rings. The Morgan fingerprint density at radius 1 is 1.26 bits per heavy atom. The van der Waals surface area contributed by atoms with Gasteiger partial charge < -0.3 is 18.9 Å². The Morgan fingerprint density at radius 3 is 2.53 bits per heavy atom. The third kappa shape index (κ3) is 2.58. The van der Waals surface area contributed by atoms with E-state index in [2.05, 4.69) is 10.0 Å². The van der Waals surface area contributed by atoms with Crippen molar-refractivity contribution in [2.75, 3.05) is 34.0 Å². The van der Waals surface area contributed by atoms with E-state index >= 15 is 0 Å². The summed E-state index contributed by atoms with van der Waals surface area (Å²) in [5, 5.41) is 3.56. The molecule has 102 valence electrons. The average Bonchev–Trinajstić information content (AvgIpc) is 2.94. The summed E-state index contributed by atoms with van der Waals surface area (Å²) in [5.74, 6) is 0.147. The Hall–Kier alpha value is -1.95. The van der Waals surface area contributed by atoms with Crippen molar-refractivity contribution in [2.45, 2.75) is 5.79 Å². The van der Waals surface area contributed by atoms with Crippen molar-refractivity contribution in [3.8, 4) is 11.5 Å². The summed E-state index contributed by atoms with van der Waals surface area (Å²) in [6, 6.07) is 5.33. The minimum absolute atomic E-state index is 0.0684. The summed E-state index contributed by atoms with van der Waals surface area (Å²) in [5.41, 5.74) is 9.20. The molecule has 1 aliphatic heterocycles. The lowest BCUT2D eigenvalue weighted by Crippen LogP contribution is -2.30. The van der Waals surface area contributed by atoms with Gasteiger partial charge in [0.15, 0.2) is 11.5 Å². The average molecular weight is 265 g/mol.